The Balaban J connectivity index is 0.000000994. The number of allylic oxidation sites excluding steroid dienone is 2. The van der Waals surface area contributed by atoms with E-state index in [9.17, 15) is 5.11 Å². The molecule has 0 aromatic heterocycles. The second-order valence-corrected chi connectivity index (χ2v) is 11.2. The van der Waals surface area contributed by atoms with Gasteiger partial charge in [-0.25, -0.2) is 0 Å². The van der Waals surface area contributed by atoms with Gasteiger partial charge in [0.15, 0.2) is 5.79 Å². The topological polar surface area (TPSA) is 38.7 Å². The van der Waals surface area contributed by atoms with E-state index in [0.717, 1.165) is 25.2 Å². The molecule has 1 aliphatic heterocycles. The predicted octanol–water partition coefficient (Wildman–Crippen LogP) is 6.10. The lowest BCUT2D eigenvalue weighted by Crippen LogP contribution is -2.63. The molecule has 3 nitrogen and oxygen atoms in total. The van der Waals surface area contributed by atoms with Gasteiger partial charge in [0.1, 0.15) is 0 Å². The van der Waals surface area contributed by atoms with Crippen molar-refractivity contribution in [2.45, 2.75) is 118 Å². The first-order valence-corrected chi connectivity index (χ1v) is 12.4. The maximum atomic E-state index is 10.5. The Hall–Kier alpha value is -0.380. The minimum Gasteiger partial charge on any atom is -0.393 e. The number of aliphatic hydroxyl groups excluding tert-OH is 1. The maximum Gasteiger partial charge on any atom is 0.163 e. The van der Waals surface area contributed by atoms with Crippen molar-refractivity contribution in [2.24, 2.45) is 34.5 Å². The summed E-state index contributed by atoms with van der Waals surface area (Å²) in [5, 5.41) is 10.5. The molecule has 5 aliphatic rings. The Morgan fingerprint density at radius 3 is 2.28 bits per heavy atom. The number of rotatable bonds is 0. The zero-order chi connectivity index (χ0) is 21.2. The highest BCUT2D eigenvalue weighted by atomic mass is 16.8. The molecule has 9 atom stereocenters. The van der Waals surface area contributed by atoms with E-state index >= 15 is 0 Å². The Morgan fingerprint density at radius 2 is 1.59 bits per heavy atom. The summed E-state index contributed by atoms with van der Waals surface area (Å²) in [5.74, 6) is 1.97. The van der Waals surface area contributed by atoms with E-state index in [1.165, 1.54) is 25.7 Å². The van der Waals surface area contributed by atoms with Crippen LogP contribution < -0.4 is 0 Å². The Bertz CT molecular complexity index is 654. The molecule has 3 heteroatoms. The van der Waals surface area contributed by atoms with Crippen LogP contribution in [-0.4, -0.2) is 29.2 Å². The molecular formula is C26H44O3. The highest BCUT2D eigenvalue weighted by Gasteiger charge is 2.67. The van der Waals surface area contributed by atoms with E-state index in [2.05, 4.69) is 40.7 Å². The molecule has 0 aromatic rings. The largest absolute Gasteiger partial charge is 0.393 e. The number of ether oxygens (including phenoxy) is 2. The van der Waals surface area contributed by atoms with Crippen molar-refractivity contribution in [1.82, 2.24) is 0 Å². The molecule has 0 radical (unpaired) electrons. The van der Waals surface area contributed by atoms with Crippen molar-refractivity contribution in [3.05, 3.63) is 11.6 Å². The standard InChI is InChI=1S/C24H38O3.C2H6/c1-6-14-7-8-16-19-17(10-12-23(14,16)4)24(5)11-9-15(25)13-18(24)20-21(19)27-22(2,3)26-20;1-2/h6,15-21,25H,7-13H2,1-5H3;1-2H3/b14-6-;/t15-,16?,17?,18?,19?,20-,21-,23-,24-;/m1./s1. The van der Waals surface area contributed by atoms with Gasteiger partial charge in [0.2, 0.25) is 0 Å². The van der Waals surface area contributed by atoms with Crippen molar-refractivity contribution in [3.63, 3.8) is 0 Å². The number of hydrogen-bond acceptors (Lipinski definition) is 3. The minimum absolute atomic E-state index is 0.151. The third-order valence-electron chi connectivity index (χ3n) is 9.70. The normalized spacial score (nSPS) is 53.9. The van der Waals surface area contributed by atoms with E-state index in [-0.39, 0.29) is 23.7 Å². The summed E-state index contributed by atoms with van der Waals surface area (Å²) in [6.45, 7) is 15.5. The van der Waals surface area contributed by atoms with Crippen LogP contribution in [0.4, 0.5) is 0 Å². The van der Waals surface area contributed by atoms with Gasteiger partial charge in [0, 0.05) is 0 Å². The van der Waals surface area contributed by atoms with Crippen molar-refractivity contribution >= 4 is 0 Å². The minimum atomic E-state index is -0.497. The maximum absolute atomic E-state index is 10.5. The fourth-order valence-corrected chi connectivity index (χ4v) is 8.48. The van der Waals surface area contributed by atoms with Crippen molar-refractivity contribution < 1.29 is 14.6 Å². The average molecular weight is 405 g/mol. The van der Waals surface area contributed by atoms with Crippen LogP contribution in [0.3, 0.4) is 0 Å². The third kappa shape index (κ3) is 3.09. The van der Waals surface area contributed by atoms with Crippen molar-refractivity contribution in [3.8, 4) is 0 Å². The van der Waals surface area contributed by atoms with Crippen LogP contribution in [0.25, 0.3) is 0 Å². The van der Waals surface area contributed by atoms with Gasteiger partial charge in [-0.3, -0.25) is 0 Å². The van der Waals surface area contributed by atoms with Gasteiger partial charge in [-0.2, -0.15) is 0 Å². The lowest BCUT2D eigenvalue weighted by atomic mass is 9.43. The molecule has 0 aromatic carbocycles. The zero-order valence-electron chi connectivity index (χ0n) is 19.8. The Kier molecular flexibility index (Phi) is 5.53. The smallest absolute Gasteiger partial charge is 0.163 e. The molecule has 4 aliphatic carbocycles. The molecule has 4 unspecified atom stereocenters. The van der Waals surface area contributed by atoms with Crippen molar-refractivity contribution in [2.75, 3.05) is 0 Å². The molecule has 0 amide bonds. The quantitative estimate of drug-likeness (QED) is 0.496. The first-order chi connectivity index (χ1) is 13.7. The van der Waals surface area contributed by atoms with Crippen LogP contribution in [0.1, 0.15) is 93.4 Å². The van der Waals surface area contributed by atoms with Gasteiger partial charge in [-0.15, -0.1) is 0 Å². The van der Waals surface area contributed by atoms with Crippen LogP contribution in [0.5, 0.6) is 0 Å². The van der Waals surface area contributed by atoms with Crippen LogP contribution in [0.15, 0.2) is 11.6 Å². The zero-order valence-corrected chi connectivity index (χ0v) is 19.8. The van der Waals surface area contributed by atoms with E-state index in [1.807, 2.05) is 13.8 Å². The molecule has 1 N–H and O–H groups in total. The number of fused-ring (bicyclic) bond motifs is 8. The molecule has 5 rings (SSSR count). The second-order valence-electron chi connectivity index (χ2n) is 11.2. The van der Waals surface area contributed by atoms with E-state index in [4.69, 9.17) is 9.47 Å². The van der Waals surface area contributed by atoms with E-state index < -0.39 is 5.79 Å². The second kappa shape index (κ2) is 7.35. The van der Waals surface area contributed by atoms with E-state index in [1.54, 1.807) is 5.57 Å². The summed E-state index contributed by atoms with van der Waals surface area (Å²) < 4.78 is 13.2. The lowest BCUT2D eigenvalue weighted by Gasteiger charge is -2.63. The SMILES string of the molecule is C/C=C1/CCC2C3C(CC[C@]12C)[C@@]1(C)CC[C@@H](O)CC1[C@H]1OC(C)(C)O[C@H]31.CC. The highest BCUT2D eigenvalue weighted by Crippen LogP contribution is 2.69. The number of aliphatic hydroxyl groups is 1. The lowest BCUT2D eigenvalue weighted by molar-refractivity contribution is -0.182. The summed E-state index contributed by atoms with van der Waals surface area (Å²) >= 11 is 0. The third-order valence-corrected chi connectivity index (χ3v) is 9.70. The summed E-state index contributed by atoms with van der Waals surface area (Å²) in [6.07, 6.45) is 10.8. The highest BCUT2D eigenvalue weighted by molar-refractivity contribution is 5.25. The van der Waals surface area contributed by atoms with Crippen LogP contribution in [-0.2, 0) is 9.47 Å². The molecule has 1 heterocycles. The summed E-state index contributed by atoms with van der Waals surface area (Å²) in [7, 11) is 0. The monoisotopic (exact) mass is 404 g/mol. The summed E-state index contributed by atoms with van der Waals surface area (Å²) in [4.78, 5) is 0. The van der Waals surface area contributed by atoms with Gasteiger partial charge >= 0.3 is 0 Å². The molecule has 4 saturated carbocycles. The van der Waals surface area contributed by atoms with Gasteiger partial charge in [-0.05, 0) is 100 Å². The first-order valence-electron chi connectivity index (χ1n) is 12.4. The first kappa shape index (κ1) is 21.8. The molecule has 166 valence electrons. The predicted molar refractivity (Wildman–Crippen MR) is 117 cm³/mol. The fraction of sp³-hybridized carbons (Fsp3) is 0.923. The number of hydrogen-bond donors (Lipinski definition) is 1. The van der Waals surface area contributed by atoms with Gasteiger partial charge in [-0.1, -0.05) is 39.3 Å². The van der Waals surface area contributed by atoms with Crippen LogP contribution >= 0.6 is 0 Å². The Morgan fingerprint density at radius 1 is 0.897 bits per heavy atom. The molecule has 0 bridgehead atoms. The average Bonchev–Trinajstić information content (AvgIpc) is 3.19. The van der Waals surface area contributed by atoms with Gasteiger partial charge in [0.25, 0.3) is 0 Å². The molecule has 1 saturated heterocycles. The van der Waals surface area contributed by atoms with E-state index in [0.29, 0.717) is 23.2 Å². The molecular weight excluding hydrogens is 360 g/mol. The van der Waals surface area contributed by atoms with Crippen LogP contribution in [0, 0.1) is 34.5 Å². The molecule has 29 heavy (non-hydrogen) atoms. The molecule has 0 spiro atoms. The molecule has 5 fully saturated rings. The Labute approximate surface area is 178 Å². The summed E-state index contributed by atoms with van der Waals surface area (Å²) in [5.41, 5.74) is 2.33. The fourth-order valence-electron chi connectivity index (χ4n) is 8.48. The summed E-state index contributed by atoms with van der Waals surface area (Å²) in [6, 6.07) is 0. The van der Waals surface area contributed by atoms with Crippen molar-refractivity contribution in [1.29, 1.82) is 0 Å². The van der Waals surface area contributed by atoms with Crippen LogP contribution in [0.2, 0.25) is 0 Å². The van der Waals surface area contributed by atoms with Gasteiger partial charge < -0.3 is 14.6 Å². The van der Waals surface area contributed by atoms with Gasteiger partial charge in [0.05, 0.1) is 18.3 Å².